The van der Waals surface area contributed by atoms with Gasteiger partial charge in [-0.2, -0.15) is 0 Å². The molecule has 0 radical (unpaired) electrons. The van der Waals surface area contributed by atoms with Crippen LogP contribution >= 0.6 is 0 Å². The van der Waals surface area contributed by atoms with Gasteiger partial charge in [-0.05, 0) is 54.3 Å². The van der Waals surface area contributed by atoms with Gasteiger partial charge in [-0.1, -0.05) is 6.07 Å². The van der Waals surface area contributed by atoms with Crippen molar-refractivity contribution in [3.8, 4) is 16.9 Å². The van der Waals surface area contributed by atoms with Crippen LogP contribution in [-0.2, 0) is 0 Å². The van der Waals surface area contributed by atoms with Gasteiger partial charge in [-0.3, -0.25) is 9.20 Å². The summed E-state index contributed by atoms with van der Waals surface area (Å²) in [5.41, 5.74) is 8.93. The minimum atomic E-state index is -0.450. The van der Waals surface area contributed by atoms with Gasteiger partial charge >= 0.3 is 0 Å². The Bertz CT molecular complexity index is 1040. The Morgan fingerprint density at radius 3 is 2.56 bits per heavy atom. The number of halogens is 1. The predicted molar refractivity (Wildman–Crippen MR) is 105 cm³/mol. The highest BCUT2D eigenvalue weighted by atomic mass is 19.1. The van der Waals surface area contributed by atoms with Crippen molar-refractivity contribution in [2.45, 2.75) is 18.9 Å². The third kappa shape index (κ3) is 3.40. The van der Waals surface area contributed by atoms with E-state index in [1.165, 1.54) is 19.2 Å². The summed E-state index contributed by atoms with van der Waals surface area (Å²) >= 11 is 0. The Kier molecular flexibility index (Phi) is 4.58. The zero-order chi connectivity index (χ0) is 19.0. The van der Waals surface area contributed by atoms with Crippen LogP contribution in [-0.4, -0.2) is 30.6 Å². The fraction of sp³-hybridized carbons (Fsp3) is 0.286. The molecule has 27 heavy (non-hydrogen) atoms. The van der Waals surface area contributed by atoms with Crippen LogP contribution < -0.4 is 20.9 Å². The van der Waals surface area contributed by atoms with E-state index in [-0.39, 0.29) is 17.4 Å². The molecule has 2 aromatic heterocycles. The molecule has 6 heteroatoms. The van der Waals surface area contributed by atoms with Gasteiger partial charge in [0.1, 0.15) is 0 Å². The first-order valence-corrected chi connectivity index (χ1v) is 9.06. The number of piperidine rings is 1. The van der Waals surface area contributed by atoms with E-state index < -0.39 is 5.82 Å². The number of ether oxygens (including phenoxy) is 1. The second-order valence-electron chi connectivity index (χ2n) is 6.94. The van der Waals surface area contributed by atoms with E-state index in [0.717, 1.165) is 37.1 Å². The van der Waals surface area contributed by atoms with Crippen LogP contribution in [0, 0.1) is 5.82 Å². The number of pyridine rings is 2. The van der Waals surface area contributed by atoms with Gasteiger partial charge in [0.25, 0.3) is 5.56 Å². The van der Waals surface area contributed by atoms with Crippen molar-refractivity contribution in [2.24, 2.45) is 5.73 Å². The Morgan fingerprint density at radius 2 is 1.85 bits per heavy atom. The quantitative estimate of drug-likeness (QED) is 0.773. The average Bonchev–Trinajstić information content (AvgIpc) is 2.68. The molecular formula is C21H22FN3O2. The van der Waals surface area contributed by atoms with E-state index in [4.69, 9.17) is 10.5 Å². The second-order valence-corrected chi connectivity index (χ2v) is 6.94. The molecule has 0 spiro atoms. The molecular weight excluding hydrogens is 345 g/mol. The summed E-state index contributed by atoms with van der Waals surface area (Å²) in [5, 5.41) is 0. The molecule has 0 amide bonds. The molecule has 0 saturated carbocycles. The van der Waals surface area contributed by atoms with Crippen molar-refractivity contribution in [3.05, 3.63) is 64.8 Å². The van der Waals surface area contributed by atoms with Crippen molar-refractivity contribution in [1.82, 2.24) is 4.40 Å². The van der Waals surface area contributed by atoms with Crippen molar-refractivity contribution in [3.63, 3.8) is 0 Å². The number of nitrogens with two attached hydrogens (primary N) is 1. The topological polar surface area (TPSA) is 60.0 Å². The summed E-state index contributed by atoms with van der Waals surface area (Å²) in [7, 11) is 1.42. The average molecular weight is 367 g/mol. The van der Waals surface area contributed by atoms with E-state index in [0.29, 0.717) is 11.1 Å². The summed E-state index contributed by atoms with van der Waals surface area (Å²) in [4.78, 5) is 14.9. The summed E-state index contributed by atoms with van der Waals surface area (Å²) in [6.07, 6.45) is 3.77. The Morgan fingerprint density at radius 1 is 1.07 bits per heavy atom. The minimum absolute atomic E-state index is 0.144. The van der Waals surface area contributed by atoms with Crippen LogP contribution in [0.5, 0.6) is 5.75 Å². The lowest BCUT2D eigenvalue weighted by molar-refractivity contribution is 0.386. The van der Waals surface area contributed by atoms with Crippen molar-refractivity contribution < 1.29 is 9.13 Å². The zero-order valence-corrected chi connectivity index (χ0v) is 15.2. The molecule has 0 atom stereocenters. The summed E-state index contributed by atoms with van der Waals surface area (Å²) in [6.45, 7) is 1.79. The lowest BCUT2D eigenvalue weighted by Crippen LogP contribution is -2.39. The number of aromatic nitrogens is 1. The normalized spacial score (nSPS) is 15.3. The van der Waals surface area contributed by atoms with Crippen LogP contribution in [0.2, 0.25) is 0 Å². The van der Waals surface area contributed by atoms with Crippen LogP contribution in [0.25, 0.3) is 16.6 Å². The Balaban J connectivity index is 1.71. The number of hydrogen-bond acceptors (Lipinski definition) is 4. The number of rotatable bonds is 3. The largest absolute Gasteiger partial charge is 0.494 e. The molecule has 1 fully saturated rings. The van der Waals surface area contributed by atoms with Gasteiger partial charge in [-0.25, -0.2) is 4.39 Å². The molecule has 2 N–H and O–H groups in total. The van der Waals surface area contributed by atoms with Gasteiger partial charge in [0.15, 0.2) is 11.6 Å². The number of anilines is 1. The predicted octanol–water partition coefficient (Wildman–Crippen LogP) is 3.04. The van der Waals surface area contributed by atoms with Gasteiger partial charge < -0.3 is 15.4 Å². The van der Waals surface area contributed by atoms with E-state index in [1.54, 1.807) is 16.5 Å². The third-order valence-electron chi connectivity index (χ3n) is 5.17. The standard InChI is InChI=1S/C21H22FN3O2/c1-27-20-5-2-14(11-19(20)22)15-10-17-3-4-18(13-25(17)21(26)12-15)24-8-6-16(23)7-9-24/h2-5,10-13,16H,6-9,23H2,1H3. The van der Waals surface area contributed by atoms with E-state index >= 15 is 0 Å². The van der Waals surface area contributed by atoms with E-state index in [1.807, 2.05) is 24.4 Å². The Hall–Kier alpha value is -2.86. The molecule has 4 rings (SSSR count). The van der Waals surface area contributed by atoms with Crippen molar-refractivity contribution >= 4 is 11.2 Å². The van der Waals surface area contributed by atoms with Gasteiger partial charge in [0.2, 0.25) is 0 Å². The maximum Gasteiger partial charge on any atom is 0.255 e. The first-order chi connectivity index (χ1) is 13.0. The second kappa shape index (κ2) is 7.04. The maximum absolute atomic E-state index is 14.0. The van der Waals surface area contributed by atoms with Crippen LogP contribution in [0.3, 0.4) is 0 Å². The summed E-state index contributed by atoms with van der Waals surface area (Å²) in [6, 6.07) is 12.3. The highest BCUT2D eigenvalue weighted by Crippen LogP contribution is 2.26. The first-order valence-electron chi connectivity index (χ1n) is 9.06. The van der Waals surface area contributed by atoms with E-state index in [2.05, 4.69) is 4.90 Å². The fourth-order valence-electron chi connectivity index (χ4n) is 3.57. The summed E-state index contributed by atoms with van der Waals surface area (Å²) in [5.74, 6) is -0.268. The highest BCUT2D eigenvalue weighted by molar-refractivity contribution is 5.70. The number of nitrogens with zero attached hydrogens (tertiary/aromatic N) is 2. The van der Waals surface area contributed by atoms with Crippen molar-refractivity contribution in [1.29, 1.82) is 0 Å². The zero-order valence-electron chi connectivity index (χ0n) is 15.2. The molecule has 1 aliphatic heterocycles. The molecule has 5 nitrogen and oxygen atoms in total. The molecule has 3 heterocycles. The van der Waals surface area contributed by atoms with Gasteiger partial charge in [-0.15, -0.1) is 0 Å². The van der Waals surface area contributed by atoms with Crippen LogP contribution in [0.1, 0.15) is 12.8 Å². The monoisotopic (exact) mass is 367 g/mol. The fourth-order valence-corrected chi connectivity index (χ4v) is 3.57. The third-order valence-corrected chi connectivity index (χ3v) is 5.17. The van der Waals surface area contributed by atoms with Gasteiger partial charge in [0, 0.05) is 36.9 Å². The molecule has 0 unspecified atom stereocenters. The molecule has 1 aliphatic rings. The lowest BCUT2D eigenvalue weighted by Gasteiger charge is -2.32. The molecule has 1 saturated heterocycles. The number of benzene rings is 1. The maximum atomic E-state index is 14.0. The number of fused-ring (bicyclic) bond motifs is 1. The molecule has 0 aliphatic carbocycles. The Labute approximate surface area is 156 Å². The number of hydrogen-bond donors (Lipinski definition) is 1. The molecule has 3 aromatic rings. The SMILES string of the molecule is COc1ccc(-c2cc(=O)n3cc(N4CCC(N)CC4)ccc3c2)cc1F. The summed E-state index contributed by atoms with van der Waals surface area (Å²) < 4.78 is 20.6. The van der Waals surface area contributed by atoms with Crippen LogP contribution in [0.4, 0.5) is 10.1 Å². The molecule has 1 aromatic carbocycles. The number of methoxy groups -OCH3 is 1. The molecule has 140 valence electrons. The van der Waals surface area contributed by atoms with Gasteiger partial charge in [0.05, 0.1) is 12.8 Å². The smallest absolute Gasteiger partial charge is 0.255 e. The minimum Gasteiger partial charge on any atom is -0.494 e. The highest BCUT2D eigenvalue weighted by Gasteiger charge is 2.17. The lowest BCUT2D eigenvalue weighted by atomic mass is 10.0. The first kappa shape index (κ1) is 17.5. The van der Waals surface area contributed by atoms with Crippen LogP contribution in [0.15, 0.2) is 53.5 Å². The molecule has 0 bridgehead atoms. The van der Waals surface area contributed by atoms with E-state index in [9.17, 15) is 9.18 Å². The van der Waals surface area contributed by atoms with Crippen molar-refractivity contribution in [2.75, 3.05) is 25.1 Å².